The van der Waals surface area contributed by atoms with Crippen LogP contribution in [0.1, 0.15) is 48.9 Å². The maximum absolute atomic E-state index is 13.1. The highest BCUT2D eigenvalue weighted by Crippen LogP contribution is 2.33. The molecule has 4 rings (SSSR count). The smallest absolute Gasteiger partial charge is 0.248 e. The zero-order valence-corrected chi connectivity index (χ0v) is 18.3. The van der Waals surface area contributed by atoms with E-state index in [2.05, 4.69) is 4.90 Å². The fraction of sp³-hybridized carbons (Fsp3) is 0.625. The number of hydrogen-bond donors (Lipinski definition) is 0. The number of Topliss-reactive ketones (excluding diaryl/α,β-unsaturated/α-hetero) is 1. The summed E-state index contributed by atoms with van der Waals surface area (Å²) in [5, 5.41) is 6.39. The lowest BCUT2D eigenvalue weighted by Gasteiger charge is -2.39. The number of fused-ring (bicyclic) bond motifs is 1. The van der Waals surface area contributed by atoms with E-state index in [-0.39, 0.29) is 35.3 Å². The van der Waals surface area contributed by atoms with Crippen LogP contribution >= 0.6 is 0 Å². The molecule has 1 saturated carbocycles. The minimum Gasteiger partial charge on any atom is -0.384 e. The fourth-order valence-electron chi connectivity index (χ4n) is 5.18. The molecule has 2 unspecified atom stereocenters. The second-order valence-electron chi connectivity index (χ2n) is 8.95. The average molecular weight is 430 g/mol. The summed E-state index contributed by atoms with van der Waals surface area (Å²) in [5.41, 5.74) is 1.75. The van der Waals surface area contributed by atoms with Crippen LogP contribution in [0.2, 0.25) is 0 Å². The third-order valence-electron chi connectivity index (χ3n) is 6.99. The summed E-state index contributed by atoms with van der Waals surface area (Å²) in [6.07, 6.45) is 5.88. The minimum atomic E-state index is -0.325. The van der Waals surface area contributed by atoms with Gasteiger partial charge in [-0.25, -0.2) is 9.40 Å². The maximum Gasteiger partial charge on any atom is 0.248 e. The van der Waals surface area contributed by atoms with Crippen molar-refractivity contribution in [1.82, 2.24) is 9.91 Å². The highest BCUT2D eigenvalue weighted by atomic mass is 19.1. The number of hydrazone groups is 1. The molecule has 0 radical (unpaired) electrons. The van der Waals surface area contributed by atoms with Crippen LogP contribution in [0.15, 0.2) is 29.4 Å². The first-order valence-corrected chi connectivity index (χ1v) is 11.5. The van der Waals surface area contributed by atoms with E-state index in [1.165, 1.54) is 12.1 Å². The van der Waals surface area contributed by atoms with Crippen LogP contribution in [0, 0.1) is 23.6 Å². The largest absolute Gasteiger partial charge is 0.384 e. The number of likely N-dealkylation sites (tertiary alicyclic amines) is 1. The summed E-state index contributed by atoms with van der Waals surface area (Å²) in [7, 11) is 1.66. The molecule has 1 saturated heterocycles. The third kappa shape index (κ3) is 5.04. The van der Waals surface area contributed by atoms with Crippen LogP contribution in [0.4, 0.5) is 4.39 Å². The molecule has 2 fully saturated rings. The summed E-state index contributed by atoms with van der Waals surface area (Å²) in [4.78, 5) is 28.0. The maximum atomic E-state index is 13.1. The second-order valence-corrected chi connectivity index (χ2v) is 8.95. The molecule has 2 atom stereocenters. The topological polar surface area (TPSA) is 62.2 Å². The van der Waals surface area contributed by atoms with E-state index >= 15 is 0 Å². The highest BCUT2D eigenvalue weighted by Gasteiger charge is 2.40. The van der Waals surface area contributed by atoms with Crippen molar-refractivity contribution in [3.8, 4) is 0 Å². The molecule has 1 aromatic carbocycles. The van der Waals surface area contributed by atoms with Crippen molar-refractivity contribution in [3.05, 3.63) is 35.6 Å². The Balaban J connectivity index is 1.30. The van der Waals surface area contributed by atoms with Gasteiger partial charge in [-0.05, 0) is 69.5 Å². The Hall–Kier alpha value is -2.12. The zero-order chi connectivity index (χ0) is 21.8. The number of ketones is 1. The first kappa shape index (κ1) is 22.1. The van der Waals surface area contributed by atoms with Crippen LogP contribution in [0.5, 0.6) is 0 Å². The average Bonchev–Trinajstić information content (AvgIpc) is 2.80. The summed E-state index contributed by atoms with van der Waals surface area (Å²) in [6.45, 7) is 3.42. The molecule has 0 N–H and O–H groups in total. The van der Waals surface area contributed by atoms with Gasteiger partial charge in [0.05, 0.1) is 19.1 Å². The van der Waals surface area contributed by atoms with Crippen molar-refractivity contribution in [3.63, 3.8) is 0 Å². The molecule has 6 nitrogen and oxygen atoms in total. The summed E-state index contributed by atoms with van der Waals surface area (Å²) in [6, 6.07) is 5.82. The van der Waals surface area contributed by atoms with Crippen LogP contribution < -0.4 is 0 Å². The van der Waals surface area contributed by atoms with Crippen molar-refractivity contribution in [2.45, 2.75) is 38.5 Å². The van der Waals surface area contributed by atoms with Gasteiger partial charge in [0, 0.05) is 36.8 Å². The number of halogens is 1. The number of hydrogen-bond acceptors (Lipinski definition) is 5. The van der Waals surface area contributed by atoms with Gasteiger partial charge in [0.25, 0.3) is 0 Å². The predicted octanol–water partition coefficient (Wildman–Crippen LogP) is 3.37. The van der Waals surface area contributed by atoms with E-state index < -0.39 is 0 Å². The minimum absolute atomic E-state index is 0.0207. The van der Waals surface area contributed by atoms with Gasteiger partial charge in [-0.3, -0.25) is 9.59 Å². The molecule has 1 amide bonds. The molecular weight excluding hydrogens is 397 g/mol. The molecule has 0 bridgehead atoms. The van der Waals surface area contributed by atoms with Crippen LogP contribution in [-0.4, -0.2) is 67.2 Å². The van der Waals surface area contributed by atoms with E-state index in [4.69, 9.17) is 9.84 Å². The number of benzene rings is 1. The van der Waals surface area contributed by atoms with Crippen LogP contribution in [0.3, 0.4) is 0 Å². The Morgan fingerprint density at radius 1 is 1.13 bits per heavy atom. The number of carbonyl (C=O) groups excluding carboxylic acids is 2. The van der Waals surface area contributed by atoms with Gasteiger partial charge in [-0.2, -0.15) is 5.10 Å². The Morgan fingerprint density at radius 2 is 1.87 bits per heavy atom. The lowest BCUT2D eigenvalue weighted by atomic mass is 9.77. The highest BCUT2D eigenvalue weighted by molar-refractivity contribution is 5.98. The Morgan fingerprint density at radius 3 is 2.58 bits per heavy atom. The van der Waals surface area contributed by atoms with Crippen LogP contribution in [0.25, 0.3) is 0 Å². The number of rotatable bonds is 7. The van der Waals surface area contributed by atoms with Crippen molar-refractivity contribution < 1.29 is 18.7 Å². The van der Waals surface area contributed by atoms with Gasteiger partial charge in [-0.15, -0.1) is 0 Å². The third-order valence-corrected chi connectivity index (χ3v) is 6.99. The number of carbonyl (C=O) groups is 2. The lowest BCUT2D eigenvalue weighted by Crippen LogP contribution is -2.49. The Kier molecular flexibility index (Phi) is 7.13. The molecule has 168 valence electrons. The first-order chi connectivity index (χ1) is 15.1. The SMILES string of the molecule is COCC1C(=O)N(CCN2CCC(C(=O)c3ccc(F)cc3)CC2)N=C2CCCCC21. The van der Waals surface area contributed by atoms with E-state index in [0.29, 0.717) is 18.7 Å². The predicted molar refractivity (Wildman–Crippen MR) is 116 cm³/mol. The summed E-state index contributed by atoms with van der Waals surface area (Å²) in [5.74, 6) is -0.0356. The molecular formula is C24H32FN3O3. The van der Waals surface area contributed by atoms with Gasteiger partial charge < -0.3 is 9.64 Å². The van der Waals surface area contributed by atoms with Gasteiger partial charge in [0.15, 0.2) is 5.78 Å². The summed E-state index contributed by atoms with van der Waals surface area (Å²) < 4.78 is 18.5. The van der Waals surface area contributed by atoms with E-state index in [1.54, 1.807) is 24.3 Å². The first-order valence-electron chi connectivity index (χ1n) is 11.5. The van der Waals surface area contributed by atoms with E-state index in [1.807, 2.05) is 0 Å². The molecule has 31 heavy (non-hydrogen) atoms. The van der Waals surface area contributed by atoms with E-state index in [9.17, 15) is 14.0 Å². The van der Waals surface area contributed by atoms with Crippen molar-refractivity contribution in [2.24, 2.45) is 22.9 Å². The molecule has 0 spiro atoms. The normalized spacial score (nSPS) is 25.3. The number of ether oxygens (including phenoxy) is 1. The molecule has 3 aliphatic rings. The number of methoxy groups -OCH3 is 1. The second kappa shape index (κ2) is 10.0. The van der Waals surface area contributed by atoms with Gasteiger partial charge in [0.1, 0.15) is 5.82 Å². The summed E-state index contributed by atoms with van der Waals surface area (Å²) >= 11 is 0. The van der Waals surface area contributed by atoms with Crippen LogP contribution in [-0.2, 0) is 9.53 Å². The molecule has 0 aromatic heterocycles. The van der Waals surface area contributed by atoms with E-state index in [0.717, 1.165) is 63.9 Å². The Bertz CT molecular complexity index is 818. The van der Waals surface area contributed by atoms with Gasteiger partial charge in [-0.1, -0.05) is 6.42 Å². The molecule has 2 aliphatic heterocycles. The zero-order valence-electron chi connectivity index (χ0n) is 18.3. The fourth-order valence-corrected chi connectivity index (χ4v) is 5.18. The van der Waals surface area contributed by atoms with Gasteiger partial charge in [0.2, 0.25) is 5.91 Å². The number of nitrogens with zero attached hydrogens (tertiary/aromatic N) is 3. The van der Waals surface area contributed by atoms with Crippen molar-refractivity contribution in [1.29, 1.82) is 0 Å². The van der Waals surface area contributed by atoms with Crippen molar-refractivity contribution >= 4 is 17.4 Å². The standard InChI is InChI=1S/C24H32FN3O3/c1-31-16-21-20-4-2-3-5-22(20)26-28(24(21)30)15-14-27-12-10-18(11-13-27)23(29)17-6-8-19(25)9-7-17/h6-9,18,20-21H,2-5,10-16H2,1H3. The monoisotopic (exact) mass is 429 g/mol. The number of amides is 1. The quantitative estimate of drug-likeness (QED) is 0.624. The molecule has 7 heteroatoms. The lowest BCUT2D eigenvalue weighted by molar-refractivity contribution is -0.140. The molecule has 1 aliphatic carbocycles. The van der Waals surface area contributed by atoms with Gasteiger partial charge >= 0.3 is 0 Å². The molecule has 2 heterocycles. The Labute approximate surface area is 183 Å². The van der Waals surface area contributed by atoms with Crippen molar-refractivity contribution in [2.75, 3.05) is 39.9 Å². The number of piperidine rings is 1. The molecule has 1 aromatic rings.